The molecule has 0 fully saturated rings. The van der Waals surface area contributed by atoms with Crippen molar-refractivity contribution in [3.8, 4) is 11.5 Å². The quantitative estimate of drug-likeness (QED) is 0.646. The summed E-state index contributed by atoms with van der Waals surface area (Å²) in [6, 6.07) is 8.06. The van der Waals surface area contributed by atoms with Gasteiger partial charge in [0.05, 0.1) is 16.1 Å². The molecule has 0 atom stereocenters. The molecular weight excluding hydrogens is 367 g/mol. The van der Waals surface area contributed by atoms with Crippen molar-refractivity contribution in [1.29, 1.82) is 0 Å². The minimum Gasteiger partial charge on any atom is -0.457 e. The number of rotatable bonds is 4. The van der Waals surface area contributed by atoms with Gasteiger partial charge in [0.15, 0.2) is 5.84 Å². The number of amidine groups is 1. The number of hydrazone groups is 1. The number of benzene rings is 2. The maximum absolute atomic E-state index is 12.7. The lowest BCUT2D eigenvalue weighted by molar-refractivity contribution is -0.384. The van der Waals surface area contributed by atoms with Crippen molar-refractivity contribution in [2.75, 3.05) is 14.1 Å². The summed E-state index contributed by atoms with van der Waals surface area (Å²) in [5.74, 6) is 0.715. The third-order valence-electron chi connectivity index (χ3n) is 3.68. The Morgan fingerprint density at radius 1 is 1.15 bits per heavy atom. The summed E-state index contributed by atoms with van der Waals surface area (Å²) >= 11 is 0. The Morgan fingerprint density at radius 3 is 2.33 bits per heavy atom. The number of hydrogen-bond donors (Lipinski definition) is 1. The molecule has 0 unspecified atom stereocenters. The van der Waals surface area contributed by atoms with Crippen molar-refractivity contribution in [2.24, 2.45) is 5.10 Å². The predicted octanol–water partition coefficient (Wildman–Crippen LogP) is 3.36. The van der Waals surface area contributed by atoms with E-state index in [0.717, 1.165) is 12.1 Å². The van der Waals surface area contributed by atoms with Gasteiger partial charge < -0.3 is 4.74 Å². The smallest absolute Gasteiger partial charge is 0.416 e. The Kier molecular flexibility index (Phi) is 4.62. The summed E-state index contributed by atoms with van der Waals surface area (Å²) in [5, 5.41) is 18.2. The number of nitrogens with one attached hydrogen (secondary N) is 1. The molecule has 1 heterocycles. The van der Waals surface area contributed by atoms with E-state index in [1.54, 1.807) is 14.1 Å². The van der Waals surface area contributed by atoms with Crippen LogP contribution in [0.2, 0.25) is 0 Å². The summed E-state index contributed by atoms with van der Waals surface area (Å²) in [4.78, 5) is 10.5. The number of non-ortho nitro benzene ring substituents is 1. The first kappa shape index (κ1) is 18.5. The second-order valence-electron chi connectivity index (χ2n) is 5.67. The van der Waals surface area contributed by atoms with Crippen LogP contribution in [0.15, 0.2) is 47.6 Å². The SMILES string of the molecule is CN1N=C(c2cc([N+](=O)[O-])ccc2Oc2ccc(C(F)(F)F)cc2)N(C)N1. The molecule has 2 aromatic carbocycles. The fourth-order valence-electron chi connectivity index (χ4n) is 2.46. The van der Waals surface area contributed by atoms with E-state index in [2.05, 4.69) is 10.6 Å². The zero-order chi connectivity index (χ0) is 19.8. The van der Waals surface area contributed by atoms with E-state index in [1.165, 1.54) is 40.5 Å². The molecule has 0 bridgehead atoms. The molecule has 27 heavy (non-hydrogen) atoms. The highest BCUT2D eigenvalue weighted by molar-refractivity contribution is 6.01. The van der Waals surface area contributed by atoms with E-state index in [4.69, 9.17) is 4.74 Å². The van der Waals surface area contributed by atoms with Gasteiger partial charge in [-0.1, -0.05) is 0 Å². The maximum atomic E-state index is 12.7. The summed E-state index contributed by atoms with van der Waals surface area (Å²) in [5.41, 5.74) is 2.18. The number of nitrogens with zero attached hydrogens (tertiary/aromatic N) is 4. The van der Waals surface area contributed by atoms with Crippen LogP contribution in [0.3, 0.4) is 0 Å². The molecule has 1 aliphatic heterocycles. The van der Waals surface area contributed by atoms with Crippen LogP contribution in [0.5, 0.6) is 11.5 Å². The van der Waals surface area contributed by atoms with Crippen molar-refractivity contribution in [3.05, 3.63) is 63.7 Å². The number of halogens is 3. The van der Waals surface area contributed by atoms with Gasteiger partial charge in [-0.2, -0.15) is 13.2 Å². The summed E-state index contributed by atoms with van der Waals surface area (Å²) < 4.78 is 43.7. The highest BCUT2D eigenvalue weighted by Crippen LogP contribution is 2.33. The molecule has 0 amide bonds. The Morgan fingerprint density at radius 2 is 1.81 bits per heavy atom. The predicted molar refractivity (Wildman–Crippen MR) is 89.8 cm³/mol. The van der Waals surface area contributed by atoms with Crippen molar-refractivity contribution < 1.29 is 22.8 Å². The number of hydrogen-bond acceptors (Lipinski definition) is 7. The van der Waals surface area contributed by atoms with E-state index < -0.39 is 16.7 Å². The first-order valence-electron chi connectivity index (χ1n) is 7.61. The maximum Gasteiger partial charge on any atom is 0.416 e. The molecule has 2 aromatic rings. The second kappa shape index (κ2) is 6.76. The molecule has 0 radical (unpaired) electrons. The van der Waals surface area contributed by atoms with Gasteiger partial charge in [-0.3, -0.25) is 15.1 Å². The molecule has 3 rings (SSSR count). The van der Waals surface area contributed by atoms with Crippen LogP contribution in [-0.4, -0.2) is 35.0 Å². The zero-order valence-electron chi connectivity index (χ0n) is 14.2. The lowest BCUT2D eigenvalue weighted by atomic mass is 10.1. The number of nitro benzene ring substituents is 1. The van der Waals surface area contributed by atoms with Crippen molar-refractivity contribution in [3.63, 3.8) is 0 Å². The minimum absolute atomic E-state index is 0.153. The van der Waals surface area contributed by atoms with Gasteiger partial charge in [0.1, 0.15) is 11.5 Å². The minimum atomic E-state index is -4.45. The fourth-order valence-corrected chi connectivity index (χ4v) is 2.46. The fraction of sp³-hybridized carbons (Fsp3) is 0.188. The van der Waals surface area contributed by atoms with E-state index in [0.29, 0.717) is 11.4 Å². The Bertz CT molecular complexity index is 899. The molecule has 0 aliphatic carbocycles. The average Bonchev–Trinajstić information content (AvgIpc) is 2.93. The number of hydrazine groups is 2. The monoisotopic (exact) mass is 381 g/mol. The van der Waals surface area contributed by atoms with E-state index >= 15 is 0 Å². The van der Waals surface area contributed by atoms with E-state index in [1.807, 2.05) is 0 Å². The van der Waals surface area contributed by atoms with Crippen LogP contribution in [0.4, 0.5) is 18.9 Å². The third kappa shape index (κ3) is 3.92. The highest BCUT2D eigenvalue weighted by Gasteiger charge is 2.30. The Hall–Kier alpha value is -3.34. The van der Waals surface area contributed by atoms with Gasteiger partial charge in [0.25, 0.3) is 5.69 Å². The Balaban J connectivity index is 1.97. The van der Waals surface area contributed by atoms with Crippen molar-refractivity contribution in [2.45, 2.75) is 6.18 Å². The first-order chi connectivity index (χ1) is 12.6. The summed E-state index contributed by atoms with van der Waals surface area (Å²) in [6.45, 7) is 0. The zero-order valence-corrected chi connectivity index (χ0v) is 14.2. The normalized spacial score (nSPS) is 14.3. The van der Waals surface area contributed by atoms with Crippen molar-refractivity contribution in [1.82, 2.24) is 15.7 Å². The van der Waals surface area contributed by atoms with Gasteiger partial charge in [0, 0.05) is 26.2 Å². The molecule has 0 saturated carbocycles. The lowest BCUT2D eigenvalue weighted by Gasteiger charge is -2.17. The summed E-state index contributed by atoms with van der Waals surface area (Å²) in [7, 11) is 3.29. The van der Waals surface area contributed by atoms with Crippen molar-refractivity contribution >= 4 is 11.5 Å². The van der Waals surface area contributed by atoms with Crippen LogP contribution in [0.1, 0.15) is 11.1 Å². The van der Waals surface area contributed by atoms with Gasteiger partial charge in [-0.05, 0) is 30.3 Å². The van der Waals surface area contributed by atoms with Crippen LogP contribution < -0.4 is 10.3 Å². The molecule has 0 spiro atoms. The van der Waals surface area contributed by atoms with Crippen LogP contribution in [-0.2, 0) is 6.18 Å². The molecule has 0 aromatic heterocycles. The van der Waals surface area contributed by atoms with Gasteiger partial charge in [-0.25, -0.2) is 5.12 Å². The number of ether oxygens (including phenoxy) is 1. The number of alkyl halides is 3. The second-order valence-corrected chi connectivity index (χ2v) is 5.67. The first-order valence-corrected chi connectivity index (χ1v) is 7.61. The Labute approximate surface area is 151 Å². The average molecular weight is 381 g/mol. The highest BCUT2D eigenvalue weighted by atomic mass is 19.4. The molecule has 1 aliphatic rings. The third-order valence-corrected chi connectivity index (χ3v) is 3.68. The molecular formula is C16H14F3N5O3. The number of nitro groups is 1. The largest absolute Gasteiger partial charge is 0.457 e. The topological polar surface area (TPSA) is 83.2 Å². The molecule has 8 nitrogen and oxygen atoms in total. The molecule has 1 N–H and O–H groups in total. The summed E-state index contributed by atoms with van der Waals surface area (Å²) in [6.07, 6.45) is -4.45. The molecule has 142 valence electrons. The van der Waals surface area contributed by atoms with E-state index in [-0.39, 0.29) is 17.2 Å². The van der Waals surface area contributed by atoms with Gasteiger partial charge in [-0.15, -0.1) is 10.6 Å². The van der Waals surface area contributed by atoms with Crippen LogP contribution >= 0.6 is 0 Å². The van der Waals surface area contributed by atoms with Crippen LogP contribution in [0, 0.1) is 10.1 Å². The van der Waals surface area contributed by atoms with Crippen LogP contribution in [0.25, 0.3) is 0 Å². The molecule has 0 saturated heterocycles. The van der Waals surface area contributed by atoms with Gasteiger partial charge >= 0.3 is 6.18 Å². The van der Waals surface area contributed by atoms with Gasteiger partial charge in [0.2, 0.25) is 0 Å². The van der Waals surface area contributed by atoms with E-state index in [9.17, 15) is 23.3 Å². The molecule has 11 heteroatoms. The lowest BCUT2D eigenvalue weighted by Crippen LogP contribution is -2.38. The standard InChI is InChI=1S/C16H14F3N5O3/c1-22-15(20-23(2)21-22)13-9-11(24(25)26)5-8-14(13)27-12-6-3-10(4-7-12)16(17,18)19/h3-9,21H,1-2H3.